The van der Waals surface area contributed by atoms with Gasteiger partial charge in [0, 0.05) is 0 Å². The Labute approximate surface area is 109 Å². The van der Waals surface area contributed by atoms with Crippen molar-refractivity contribution in [3.8, 4) is 0 Å². The molecule has 0 amide bonds. The van der Waals surface area contributed by atoms with Crippen molar-refractivity contribution in [1.82, 2.24) is 0 Å². The minimum atomic E-state index is 0.611. The third-order valence-corrected chi connectivity index (χ3v) is 2.75. The van der Waals surface area contributed by atoms with Crippen LogP contribution >= 0.6 is 0 Å². The van der Waals surface area contributed by atoms with E-state index in [1.807, 2.05) is 19.9 Å². The summed E-state index contributed by atoms with van der Waals surface area (Å²) in [6, 6.07) is 0. The van der Waals surface area contributed by atoms with E-state index in [1.165, 1.54) is 12.0 Å². The quantitative estimate of drug-likeness (QED) is 0.519. The van der Waals surface area contributed by atoms with Crippen LogP contribution in [0.4, 0.5) is 0 Å². The largest absolute Gasteiger partial charge is 0.103 e. The SMILES string of the molecule is C=CC(C)CC.CC.CC1=CC=CC=CC1C. The summed E-state index contributed by atoms with van der Waals surface area (Å²) in [6.45, 7) is 16.3. The maximum Gasteiger partial charge on any atom is -0.00482 e. The zero-order valence-electron chi connectivity index (χ0n) is 12.5. The molecule has 0 nitrogen and oxygen atoms in total. The molecule has 0 heteroatoms. The van der Waals surface area contributed by atoms with Gasteiger partial charge in [0.2, 0.25) is 0 Å². The van der Waals surface area contributed by atoms with Crippen molar-refractivity contribution in [2.24, 2.45) is 11.8 Å². The molecule has 0 heterocycles. The van der Waals surface area contributed by atoms with E-state index >= 15 is 0 Å². The highest BCUT2D eigenvalue weighted by Gasteiger charge is 1.97. The van der Waals surface area contributed by atoms with E-state index in [4.69, 9.17) is 0 Å². The van der Waals surface area contributed by atoms with Gasteiger partial charge in [-0.1, -0.05) is 83.1 Å². The zero-order valence-corrected chi connectivity index (χ0v) is 12.5. The Balaban J connectivity index is 0. The summed E-state index contributed by atoms with van der Waals surface area (Å²) >= 11 is 0. The molecule has 0 fully saturated rings. The topological polar surface area (TPSA) is 0 Å². The Morgan fingerprint density at radius 1 is 1.29 bits per heavy atom. The maximum atomic E-state index is 3.63. The number of hydrogen-bond acceptors (Lipinski definition) is 0. The van der Waals surface area contributed by atoms with Gasteiger partial charge in [-0.3, -0.25) is 0 Å². The van der Waals surface area contributed by atoms with E-state index in [0.29, 0.717) is 11.8 Å². The first kappa shape index (κ1) is 18.3. The first-order valence-corrected chi connectivity index (χ1v) is 6.76. The molecule has 0 aromatic carbocycles. The van der Waals surface area contributed by atoms with Crippen LogP contribution in [0.3, 0.4) is 0 Å². The highest BCUT2D eigenvalue weighted by Crippen LogP contribution is 2.13. The number of rotatable bonds is 2. The van der Waals surface area contributed by atoms with E-state index < -0.39 is 0 Å². The van der Waals surface area contributed by atoms with Crippen LogP contribution in [-0.4, -0.2) is 0 Å². The fraction of sp³-hybridized carbons (Fsp3) is 0.529. The van der Waals surface area contributed by atoms with E-state index in [9.17, 15) is 0 Å². The van der Waals surface area contributed by atoms with Crippen molar-refractivity contribution in [3.05, 3.63) is 48.6 Å². The molecule has 2 unspecified atom stereocenters. The highest BCUT2D eigenvalue weighted by atomic mass is 14.0. The molecule has 1 aliphatic carbocycles. The molecule has 0 aromatic rings. The van der Waals surface area contributed by atoms with Crippen LogP contribution in [0.15, 0.2) is 48.6 Å². The summed E-state index contributed by atoms with van der Waals surface area (Å²) in [5.74, 6) is 1.31. The van der Waals surface area contributed by atoms with Crippen LogP contribution in [0.2, 0.25) is 0 Å². The minimum Gasteiger partial charge on any atom is -0.103 e. The Morgan fingerprint density at radius 2 is 1.88 bits per heavy atom. The average Bonchev–Trinajstić information content (AvgIpc) is 2.57. The molecule has 1 rings (SSSR count). The van der Waals surface area contributed by atoms with Gasteiger partial charge in [-0.15, -0.1) is 6.58 Å². The van der Waals surface area contributed by atoms with Gasteiger partial charge >= 0.3 is 0 Å². The lowest BCUT2D eigenvalue weighted by Gasteiger charge is -2.02. The van der Waals surface area contributed by atoms with Crippen LogP contribution in [0, 0.1) is 11.8 Å². The van der Waals surface area contributed by atoms with Crippen LogP contribution in [0.1, 0.15) is 48.0 Å². The molecule has 0 radical (unpaired) electrons. The fourth-order valence-electron chi connectivity index (χ4n) is 0.973. The van der Waals surface area contributed by atoms with Crippen molar-refractivity contribution in [2.45, 2.75) is 48.0 Å². The monoisotopic (exact) mass is 234 g/mol. The maximum absolute atomic E-state index is 3.63. The van der Waals surface area contributed by atoms with E-state index in [-0.39, 0.29) is 0 Å². The van der Waals surface area contributed by atoms with Crippen LogP contribution in [-0.2, 0) is 0 Å². The van der Waals surface area contributed by atoms with E-state index in [0.717, 1.165) is 0 Å². The van der Waals surface area contributed by atoms with Gasteiger partial charge in [-0.2, -0.15) is 0 Å². The molecule has 98 valence electrons. The second kappa shape index (κ2) is 13.0. The zero-order chi connectivity index (χ0) is 13.7. The average molecular weight is 234 g/mol. The Kier molecular flexibility index (Phi) is 14.0. The van der Waals surface area contributed by atoms with Gasteiger partial charge < -0.3 is 0 Å². The lowest BCUT2D eigenvalue weighted by atomic mass is 10.0. The van der Waals surface area contributed by atoms with Gasteiger partial charge in [0.1, 0.15) is 0 Å². The molecule has 0 saturated carbocycles. The molecule has 2 atom stereocenters. The third-order valence-electron chi connectivity index (χ3n) is 2.75. The minimum absolute atomic E-state index is 0.611. The Hall–Kier alpha value is -1.04. The van der Waals surface area contributed by atoms with Crippen LogP contribution in [0.5, 0.6) is 0 Å². The van der Waals surface area contributed by atoms with E-state index in [1.54, 1.807) is 0 Å². The lowest BCUT2D eigenvalue weighted by Crippen LogP contribution is -1.88. The normalized spacial score (nSPS) is 18.7. The number of allylic oxidation sites excluding steroid dienone is 7. The summed E-state index contributed by atoms with van der Waals surface area (Å²) in [5, 5.41) is 0. The molecule has 0 N–H and O–H groups in total. The van der Waals surface area contributed by atoms with E-state index in [2.05, 4.69) is 64.7 Å². The van der Waals surface area contributed by atoms with Crippen LogP contribution < -0.4 is 0 Å². The first-order chi connectivity index (χ1) is 8.11. The smallest absolute Gasteiger partial charge is 0.00482 e. The summed E-state index contributed by atoms with van der Waals surface area (Å²) in [5.41, 5.74) is 1.43. The summed E-state index contributed by atoms with van der Waals surface area (Å²) < 4.78 is 0. The molecule has 0 aromatic heterocycles. The molecular weight excluding hydrogens is 204 g/mol. The van der Waals surface area contributed by atoms with Crippen molar-refractivity contribution in [3.63, 3.8) is 0 Å². The first-order valence-electron chi connectivity index (χ1n) is 6.76. The lowest BCUT2D eigenvalue weighted by molar-refractivity contribution is 0.700. The predicted molar refractivity (Wildman–Crippen MR) is 82.2 cm³/mol. The standard InChI is InChI=1S/C9H12.C6H12.C2H6/c1-8-6-4-3-5-7-9(8)2;1-4-6(3)5-2;1-2/h3-8H,1-2H3;4,6H,1,5H2,2-3H3;1-2H3. The molecule has 17 heavy (non-hydrogen) atoms. The second-order valence-corrected chi connectivity index (χ2v) is 4.09. The van der Waals surface area contributed by atoms with Crippen molar-refractivity contribution >= 4 is 0 Å². The molecule has 0 spiro atoms. The second-order valence-electron chi connectivity index (χ2n) is 4.09. The fourth-order valence-corrected chi connectivity index (χ4v) is 0.973. The third kappa shape index (κ3) is 11.2. The van der Waals surface area contributed by atoms with Gasteiger partial charge in [-0.25, -0.2) is 0 Å². The van der Waals surface area contributed by atoms with Gasteiger partial charge in [0.05, 0.1) is 0 Å². The Bertz CT molecular complexity index is 253. The molecule has 0 bridgehead atoms. The van der Waals surface area contributed by atoms with Crippen molar-refractivity contribution in [1.29, 1.82) is 0 Å². The summed E-state index contributed by atoms with van der Waals surface area (Å²) in [7, 11) is 0. The molecular formula is C17H30. The van der Waals surface area contributed by atoms with Crippen molar-refractivity contribution in [2.75, 3.05) is 0 Å². The van der Waals surface area contributed by atoms with Gasteiger partial charge in [-0.05, 0) is 18.8 Å². The van der Waals surface area contributed by atoms with Gasteiger partial charge in [0.25, 0.3) is 0 Å². The van der Waals surface area contributed by atoms with Crippen LogP contribution in [0.25, 0.3) is 0 Å². The Morgan fingerprint density at radius 3 is 2.29 bits per heavy atom. The molecule has 0 aliphatic heterocycles. The summed E-state index contributed by atoms with van der Waals surface area (Å²) in [4.78, 5) is 0. The molecule has 0 saturated heterocycles. The summed E-state index contributed by atoms with van der Waals surface area (Å²) in [6.07, 6.45) is 13.8. The molecule has 1 aliphatic rings. The van der Waals surface area contributed by atoms with Crippen molar-refractivity contribution < 1.29 is 0 Å². The number of hydrogen-bond donors (Lipinski definition) is 0. The van der Waals surface area contributed by atoms with Gasteiger partial charge in [0.15, 0.2) is 0 Å². The predicted octanol–water partition coefficient (Wildman–Crippen LogP) is 5.94. The highest BCUT2D eigenvalue weighted by molar-refractivity contribution is 5.24.